The minimum Gasteiger partial charge on any atom is -0.322 e. The number of rotatable bonds is 4. The first-order chi connectivity index (χ1) is 13.1. The highest BCUT2D eigenvalue weighted by Gasteiger charge is 2.17. The number of pyridine rings is 1. The van der Waals surface area contributed by atoms with E-state index in [4.69, 9.17) is 0 Å². The molecule has 0 aliphatic rings. The van der Waals surface area contributed by atoms with Gasteiger partial charge in [-0.1, -0.05) is 5.92 Å². The normalized spacial score (nSPS) is 12.0. The number of hydrogen-bond acceptors (Lipinski definition) is 6. The molecule has 0 radical (unpaired) electrons. The van der Waals surface area contributed by atoms with E-state index in [1.807, 2.05) is 20.8 Å². The largest absolute Gasteiger partial charge is 0.322 e. The van der Waals surface area contributed by atoms with Crippen LogP contribution in [0.5, 0.6) is 0 Å². The molecule has 0 atom stereocenters. The summed E-state index contributed by atoms with van der Waals surface area (Å²) in [5.41, 5.74) is 0.599. The van der Waals surface area contributed by atoms with Gasteiger partial charge in [0.05, 0.1) is 15.4 Å². The van der Waals surface area contributed by atoms with Gasteiger partial charge < -0.3 is 5.32 Å². The lowest BCUT2D eigenvalue weighted by atomic mass is 9.98. The average molecular weight is 435 g/mol. The summed E-state index contributed by atoms with van der Waals surface area (Å²) in [7, 11) is -7.35. The molecule has 2 aromatic rings. The first-order valence-electron chi connectivity index (χ1n) is 8.51. The SMILES string of the molecule is CC(C)(C)C#Cc1ccc(C(=O)Nc2cc(S(C)(=O)=O)cc(S(C)(=O)=O)c2)cn1. The molecule has 0 saturated heterocycles. The molecule has 29 heavy (non-hydrogen) atoms. The smallest absolute Gasteiger partial charge is 0.257 e. The van der Waals surface area contributed by atoms with E-state index in [2.05, 4.69) is 22.1 Å². The van der Waals surface area contributed by atoms with Crippen LogP contribution >= 0.6 is 0 Å². The van der Waals surface area contributed by atoms with Crippen LogP contribution in [0.2, 0.25) is 0 Å². The molecule has 1 amide bonds. The van der Waals surface area contributed by atoms with Crippen molar-refractivity contribution in [3.63, 3.8) is 0 Å². The molecule has 0 spiro atoms. The number of carbonyl (C=O) groups is 1. The van der Waals surface area contributed by atoms with Crippen LogP contribution in [0.15, 0.2) is 46.3 Å². The van der Waals surface area contributed by atoms with Crippen LogP contribution in [-0.2, 0) is 19.7 Å². The number of carbonyl (C=O) groups excluding carboxylic acids is 1. The zero-order valence-electron chi connectivity index (χ0n) is 16.8. The van der Waals surface area contributed by atoms with E-state index >= 15 is 0 Å². The Morgan fingerprint density at radius 2 is 1.52 bits per heavy atom. The molecule has 0 unspecified atom stereocenters. The molecule has 0 fully saturated rings. The monoisotopic (exact) mass is 434 g/mol. The lowest BCUT2D eigenvalue weighted by Crippen LogP contribution is -2.14. The molecule has 1 aromatic heterocycles. The molecule has 0 bridgehead atoms. The fraction of sp³-hybridized carbons (Fsp3) is 0.300. The minimum absolute atomic E-state index is 0.0509. The number of hydrogen-bond donors (Lipinski definition) is 1. The van der Waals surface area contributed by atoms with Crippen LogP contribution in [0.25, 0.3) is 0 Å². The maximum Gasteiger partial charge on any atom is 0.257 e. The van der Waals surface area contributed by atoms with Gasteiger partial charge in [-0.05, 0) is 57.0 Å². The Balaban J connectivity index is 2.34. The Labute approximate surface area is 171 Å². The van der Waals surface area contributed by atoms with E-state index in [1.54, 1.807) is 6.07 Å². The number of sulfone groups is 2. The molecule has 0 aliphatic carbocycles. The highest BCUT2D eigenvalue weighted by Crippen LogP contribution is 2.23. The Hall–Kier alpha value is -2.70. The van der Waals surface area contributed by atoms with Crippen LogP contribution in [0.4, 0.5) is 5.69 Å². The first kappa shape index (κ1) is 22.6. The van der Waals surface area contributed by atoms with Crippen LogP contribution in [-0.4, -0.2) is 40.2 Å². The van der Waals surface area contributed by atoms with Gasteiger partial charge >= 0.3 is 0 Å². The minimum atomic E-state index is -3.68. The molecule has 1 heterocycles. The van der Waals surface area contributed by atoms with Crippen molar-refractivity contribution in [1.82, 2.24) is 4.98 Å². The van der Waals surface area contributed by atoms with Crippen LogP contribution in [0.1, 0.15) is 36.8 Å². The second-order valence-electron chi connectivity index (χ2n) is 7.62. The maximum absolute atomic E-state index is 12.5. The van der Waals surface area contributed by atoms with Crippen molar-refractivity contribution >= 4 is 31.3 Å². The molecule has 1 aromatic carbocycles. The van der Waals surface area contributed by atoms with Gasteiger partial charge in [-0.15, -0.1) is 0 Å². The third kappa shape index (κ3) is 6.69. The Kier molecular flexibility index (Phi) is 6.21. The standard InChI is InChI=1S/C20H22N2O5S2/c1-20(2,3)9-8-15-7-6-14(13-21-15)19(23)22-16-10-17(28(4,24)25)12-18(11-16)29(5,26)27/h6-7,10-13H,1-5H3,(H,22,23). The predicted molar refractivity (Wildman–Crippen MR) is 111 cm³/mol. The number of aromatic nitrogens is 1. The van der Waals surface area contributed by atoms with Gasteiger partial charge in [-0.25, -0.2) is 21.8 Å². The quantitative estimate of drug-likeness (QED) is 0.741. The van der Waals surface area contributed by atoms with Crippen molar-refractivity contribution in [3.8, 4) is 11.8 Å². The summed E-state index contributed by atoms with van der Waals surface area (Å²) in [5.74, 6) is 5.41. The second kappa shape index (κ2) is 7.97. The molecule has 1 N–H and O–H groups in total. The summed E-state index contributed by atoms with van der Waals surface area (Å²) in [6.45, 7) is 5.91. The number of nitrogens with one attached hydrogen (secondary N) is 1. The van der Waals surface area contributed by atoms with Gasteiger partial charge in [0.2, 0.25) is 0 Å². The van der Waals surface area contributed by atoms with E-state index in [0.717, 1.165) is 18.6 Å². The summed E-state index contributed by atoms with van der Waals surface area (Å²) in [5, 5.41) is 2.52. The summed E-state index contributed by atoms with van der Waals surface area (Å²) in [6, 6.07) is 6.61. The average Bonchev–Trinajstić information content (AvgIpc) is 2.58. The van der Waals surface area contributed by atoms with Crippen LogP contribution < -0.4 is 5.32 Å². The van der Waals surface area contributed by atoms with Gasteiger partial charge in [-0.2, -0.15) is 0 Å². The van der Waals surface area contributed by atoms with Gasteiger partial charge in [0.15, 0.2) is 19.7 Å². The number of amides is 1. The third-order valence-corrected chi connectivity index (χ3v) is 5.77. The van der Waals surface area contributed by atoms with Crippen LogP contribution in [0.3, 0.4) is 0 Å². The van der Waals surface area contributed by atoms with Gasteiger partial charge in [-0.3, -0.25) is 4.79 Å². The Morgan fingerprint density at radius 1 is 0.966 bits per heavy atom. The molecular formula is C20H22N2O5S2. The third-order valence-electron chi connectivity index (χ3n) is 3.59. The van der Waals surface area contributed by atoms with Gasteiger partial charge in [0.25, 0.3) is 5.91 Å². The maximum atomic E-state index is 12.5. The highest BCUT2D eigenvalue weighted by molar-refractivity contribution is 7.91. The van der Waals surface area contributed by atoms with E-state index < -0.39 is 25.6 Å². The summed E-state index contributed by atoms with van der Waals surface area (Å²) >= 11 is 0. The molecule has 7 nitrogen and oxygen atoms in total. The van der Waals surface area contributed by atoms with Crippen molar-refractivity contribution in [2.24, 2.45) is 5.41 Å². The van der Waals surface area contributed by atoms with Crippen LogP contribution in [0, 0.1) is 17.3 Å². The molecule has 0 aliphatic heterocycles. The molecule has 154 valence electrons. The van der Waals surface area contributed by atoms with Gasteiger partial charge in [0.1, 0.15) is 5.69 Å². The number of benzene rings is 1. The molecule has 9 heteroatoms. The van der Waals surface area contributed by atoms with Gasteiger partial charge in [0, 0.05) is 29.8 Å². The van der Waals surface area contributed by atoms with Crippen molar-refractivity contribution in [3.05, 3.63) is 47.8 Å². The zero-order valence-corrected chi connectivity index (χ0v) is 18.4. The summed E-state index contributed by atoms with van der Waals surface area (Å²) < 4.78 is 47.4. The molecule has 0 saturated carbocycles. The second-order valence-corrected chi connectivity index (χ2v) is 11.7. The van der Waals surface area contributed by atoms with E-state index in [9.17, 15) is 21.6 Å². The summed E-state index contributed by atoms with van der Waals surface area (Å²) in [6.07, 6.45) is 3.27. The van der Waals surface area contributed by atoms with Crippen molar-refractivity contribution in [2.75, 3.05) is 17.8 Å². The lowest BCUT2D eigenvalue weighted by molar-refractivity contribution is 0.102. The van der Waals surface area contributed by atoms with Crippen molar-refractivity contribution in [1.29, 1.82) is 0 Å². The highest BCUT2D eigenvalue weighted by atomic mass is 32.2. The summed E-state index contributed by atoms with van der Waals surface area (Å²) in [4.78, 5) is 16.2. The molecular weight excluding hydrogens is 412 g/mol. The van der Waals surface area contributed by atoms with E-state index in [1.165, 1.54) is 24.4 Å². The van der Waals surface area contributed by atoms with E-state index in [0.29, 0.717) is 5.69 Å². The van der Waals surface area contributed by atoms with Crippen molar-refractivity contribution < 1.29 is 21.6 Å². The predicted octanol–water partition coefficient (Wildman–Crippen LogP) is 2.54. The zero-order chi connectivity index (χ0) is 22.0. The van der Waals surface area contributed by atoms with Crippen molar-refractivity contribution in [2.45, 2.75) is 30.6 Å². The first-order valence-corrected chi connectivity index (χ1v) is 12.3. The lowest BCUT2D eigenvalue weighted by Gasteiger charge is -2.10. The fourth-order valence-corrected chi connectivity index (χ4v) is 3.57. The number of nitrogens with zero attached hydrogens (tertiary/aromatic N) is 1. The fourth-order valence-electron chi connectivity index (χ4n) is 2.13. The topological polar surface area (TPSA) is 110 Å². The molecule has 2 rings (SSSR count). The van der Waals surface area contributed by atoms with E-state index in [-0.39, 0.29) is 26.5 Å². The Bertz CT molecular complexity index is 1160. The number of anilines is 1. The Morgan fingerprint density at radius 3 is 1.93 bits per heavy atom.